The summed E-state index contributed by atoms with van der Waals surface area (Å²) in [4.78, 5) is 44.4. The van der Waals surface area contributed by atoms with Crippen molar-refractivity contribution in [2.75, 3.05) is 0 Å². The summed E-state index contributed by atoms with van der Waals surface area (Å²) in [6.45, 7) is 0. The van der Waals surface area contributed by atoms with E-state index >= 15 is 0 Å². The molecule has 0 bridgehead atoms. The van der Waals surface area contributed by atoms with Crippen LogP contribution in [0.5, 0.6) is 0 Å². The van der Waals surface area contributed by atoms with Crippen molar-refractivity contribution in [2.24, 2.45) is 11.3 Å². The van der Waals surface area contributed by atoms with Gasteiger partial charge in [-0.3, -0.25) is 9.59 Å². The Hall–Kier alpha value is -3.06. The minimum atomic E-state index is -6.22. The standard InChI is InChI=1S/C12H6F6O8/c13-11(14,15)4-3(7(21)22)2(6(19)20)1-10(9(25)26,12(16,17)18)5(4)8(23)24/h1,5H,(H,19,20)(H,21,22)(H,23,24)(H,25,26). The minimum Gasteiger partial charge on any atom is -0.481 e. The van der Waals surface area contributed by atoms with Crippen molar-refractivity contribution in [2.45, 2.75) is 12.4 Å². The molecule has 0 saturated carbocycles. The van der Waals surface area contributed by atoms with Crippen LogP contribution in [0.2, 0.25) is 0 Å². The van der Waals surface area contributed by atoms with Crippen LogP contribution in [0.4, 0.5) is 26.3 Å². The van der Waals surface area contributed by atoms with Crippen LogP contribution >= 0.6 is 0 Å². The summed E-state index contributed by atoms with van der Waals surface area (Å²) >= 11 is 0. The predicted octanol–water partition coefficient (Wildman–Crippen LogP) is 1.29. The molecule has 144 valence electrons. The smallest absolute Gasteiger partial charge is 0.414 e. The van der Waals surface area contributed by atoms with Gasteiger partial charge in [-0.25, -0.2) is 9.59 Å². The van der Waals surface area contributed by atoms with E-state index in [0.717, 1.165) is 0 Å². The van der Waals surface area contributed by atoms with Crippen molar-refractivity contribution in [3.8, 4) is 0 Å². The van der Waals surface area contributed by atoms with Crippen LogP contribution in [-0.2, 0) is 19.2 Å². The molecule has 8 nitrogen and oxygen atoms in total. The third-order valence-electron chi connectivity index (χ3n) is 3.47. The summed E-state index contributed by atoms with van der Waals surface area (Å²) in [5.74, 6) is -15.4. The zero-order chi connectivity index (χ0) is 20.8. The number of aliphatic carboxylic acids is 4. The Balaban J connectivity index is 4.25. The number of carboxylic acid groups (broad SMARTS) is 4. The van der Waals surface area contributed by atoms with E-state index in [9.17, 15) is 45.5 Å². The van der Waals surface area contributed by atoms with E-state index in [2.05, 4.69) is 0 Å². The van der Waals surface area contributed by atoms with Gasteiger partial charge in [-0.1, -0.05) is 0 Å². The first kappa shape index (κ1) is 21.0. The molecule has 0 radical (unpaired) electrons. The average molecular weight is 392 g/mol. The maximum Gasteiger partial charge on any atom is 0.414 e. The maximum absolute atomic E-state index is 13.4. The van der Waals surface area contributed by atoms with Gasteiger partial charge in [0.05, 0.1) is 16.7 Å². The number of carbonyl (C=O) groups is 4. The van der Waals surface area contributed by atoms with Crippen LogP contribution in [0.25, 0.3) is 0 Å². The van der Waals surface area contributed by atoms with Gasteiger partial charge in [-0.2, -0.15) is 26.3 Å². The maximum atomic E-state index is 13.4. The first-order chi connectivity index (χ1) is 11.5. The number of rotatable bonds is 4. The number of hydrogen-bond donors (Lipinski definition) is 4. The highest BCUT2D eigenvalue weighted by molar-refractivity contribution is 6.09. The zero-order valence-corrected chi connectivity index (χ0v) is 11.8. The molecule has 0 aromatic rings. The van der Waals surface area contributed by atoms with E-state index in [1.807, 2.05) is 0 Å². The molecule has 1 aliphatic rings. The van der Waals surface area contributed by atoms with E-state index in [-0.39, 0.29) is 0 Å². The van der Waals surface area contributed by atoms with E-state index in [0.29, 0.717) is 0 Å². The SMILES string of the molecule is O=C(O)C1=CC(C(=O)O)(C(F)(F)F)C(C(=O)O)C(C(F)(F)F)=C1C(=O)O. The molecule has 0 heterocycles. The largest absolute Gasteiger partial charge is 0.481 e. The first-order valence-corrected chi connectivity index (χ1v) is 6.04. The molecule has 2 unspecified atom stereocenters. The number of carboxylic acids is 4. The fourth-order valence-electron chi connectivity index (χ4n) is 2.47. The summed E-state index contributed by atoms with van der Waals surface area (Å²) in [7, 11) is 0. The molecule has 0 aliphatic heterocycles. The van der Waals surface area contributed by atoms with Crippen LogP contribution in [-0.4, -0.2) is 56.7 Å². The molecule has 14 heteroatoms. The Labute approximate surface area is 137 Å². The molecular formula is C12H6F6O8. The third kappa shape index (κ3) is 2.97. The molecule has 1 rings (SSSR count). The molecule has 0 aromatic carbocycles. The fourth-order valence-corrected chi connectivity index (χ4v) is 2.47. The third-order valence-corrected chi connectivity index (χ3v) is 3.47. The summed E-state index contributed by atoms with van der Waals surface area (Å²) in [5.41, 5.74) is -12.3. The van der Waals surface area contributed by atoms with Crippen LogP contribution in [0.15, 0.2) is 22.8 Å². The number of hydrogen-bond acceptors (Lipinski definition) is 4. The summed E-state index contributed by atoms with van der Waals surface area (Å²) < 4.78 is 79.8. The van der Waals surface area contributed by atoms with Crippen molar-refractivity contribution >= 4 is 23.9 Å². The Kier molecular flexibility index (Phi) is 4.87. The van der Waals surface area contributed by atoms with E-state index in [4.69, 9.17) is 20.4 Å². The second kappa shape index (κ2) is 6.03. The zero-order valence-electron chi connectivity index (χ0n) is 11.8. The van der Waals surface area contributed by atoms with Gasteiger partial charge in [0, 0.05) is 0 Å². The van der Waals surface area contributed by atoms with E-state index in [1.54, 1.807) is 0 Å². The summed E-state index contributed by atoms with van der Waals surface area (Å²) in [6, 6.07) is 0. The van der Waals surface area contributed by atoms with Gasteiger partial charge in [0.2, 0.25) is 0 Å². The van der Waals surface area contributed by atoms with E-state index in [1.165, 1.54) is 0 Å². The van der Waals surface area contributed by atoms with Crippen LogP contribution in [0.3, 0.4) is 0 Å². The molecule has 1 aliphatic carbocycles. The van der Waals surface area contributed by atoms with Gasteiger partial charge in [-0.05, 0) is 6.08 Å². The van der Waals surface area contributed by atoms with Gasteiger partial charge < -0.3 is 20.4 Å². The fraction of sp³-hybridized carbons (Fsp3) is 0.333. The minimum absolute atomic E-state index is 0.838. The lowest BCUT2D eigenvalue weighted by atomic mass is 9.64. The highest BCUT2D eigenvalue weighted by Gasteiger charge is 2.72. The Bertz CT molecular complexity index is 759. The topological polar surface area (TPSA) is 149 Å². The van der Waals surface area contributed by atoms with Gasteiger partial charge in [0.15, 0.2) is 5.41 Å². The first-order valence-electron chi connectivity index (χ1n) is 6.04. The summed E-state index contributed by atoms with van der Waals surface area (Å²) in [6.07, 6.45) is -13.2. The molecule has 0 amide bonds. The molecule has 0 spiro atoms. The van der Waals surface area contributed by atoms with Crippen molar-refractivity contribution in [1.82, 2.24) is 0 Å². The van der Waals surface area contributed by atoms with Gasteiger partial charge in [0.1, 0.15) is 5.92 Å². The van der Waals surface area contributed by atoms with E-state index < -0.39 is 70.4 Å². The lowest BCUT2D eigenvalue weighted by Crippen LogP contribution is -2.56. The van der Waals surface area contributed by atoms with Crippen molar-refractivity contribution in [1.29, 1.82) is 0 Å². The molecule has 26 heavy (non-hydrogen) atoms. The Morgan fingerprint density at radius 3 is 1.58 bits per heavy atom. The van der Waals surface area contributed by atoms with Gasteiger partial charge >= 0.3 is 36.2 Å². The van der Waals surface area contributed by atoms with Crippen molar-refractivity contribution in [3.63, 3.8) is 0 Å². The monoisotopic (exact) mass is 392 g/mol. The average Bonchev–Trinajstić information content (AvgIpc) is 2.41. The van der Waals surface area contributed by atoms with Crippen molar-refractivity contribution in [3.05, 3.63) is 22.8 Å². The second-order valence-corrected chi connectivity index (χ2v) is 4.90. The van der Waals surface area contributed by atoms with Crippen LogP contribution in [0, 0.1) is 11.3 Å². The number of alkyl halides is 6. The quantitative estimate of drug-likeness (QED) is 0.523. The van der Waals surface area contributed by atoms with Crippen LogP contribution < -0.4 is 0 Å². The molecule has 0 fully saturated rings. The molecule has 4 N–H and O–H groups in total. The lowest BCUT2D eigenvalue weighted by Gasteiger charge is -2.39. The van der Waals surface area contributed by atoms with Crippen molar-refractivity contribution < 1.29 is 65.9 Å². The molecule has 0 saturated heterocycles. The second-order valence-electron chi connectivity index (χ2n) is 4.90. The van der Waals surface area contributed by atoms with Gasteiger partial charge in [-0.15, -0.1) is 0 Å². The highest BCUT2D eigenvalue weighted by atomic mass is 19.4. The number of halogens is 6. The molecular weight excluding hydrogens is 386 g/mol. The van der Waals surface area contributed by atoms with Crippen LogP contribution in [0.1, 0.15) is 0 Å². The Morgan fingerprint density at radius 2 is 1.35 bits per heavy atom. The molecule has 2 atom stereocenters. The van der Waals surface area contributed by atoms with Gasteiger partial charge in [0.25, 0.3) is 0 Å². The highest BCUT2D eigenvalue weighted by Crippen LogP contribution is 2.56. The summed E-state index contributed by atoms with van der Waals surface area (Å²) in [5, 5.41) is 35.4. The predicted molar refractivity (Wildman–Crippen MR) is 63.7 cm³/mol. The normalized spacial score (nSPS) is 24.1. The molecule has 0 aromatic heterocycles. The Morgan fingerprint density at radius 1 is 0.885 bits per heavy atom. The lowest BCUT2D eigenvalue weighted by molar-refractivity contribution is -0.235.